The molecule has 3 aromatic carbocycles. The van der Waals surface area contributed by atoms with Crippen molar-refractivity contribution in [2.45, 2.75) is 22.6 Å². The standard InChI is InChI=1S/C33H26FN3O5S2/c34-16-10-12-18(13-11-16)37-31(39)26-20-14-21(27(26)32(37)40)28-25(20)24(29-30(43-28)36-33(41)44-29)19-8-4-5-9-22(19)42-15-23(38)35-17-6-2-1-3-7-17/h1-13,20-21,24-28H,14-15H2,(H,35,38)(H,36,41)/t20-,21-,24+,25-,26+,27+,28-/m1/s1. The van der Waals surface area contributed by atoms with Crippen molar-refractivity contribution in [3.63, 3.8) is 0 Å². The minimum Gasteiger partial charge on any atom is -0.483 e. The highest BCUT2D eigenvalue weighted by Gasteiger charge is 2.69. The Kier molecular flexibility index (Phi) is 6.49. The number of fused-ring (bicyclic) bond motifs is 9. The molecular weight excluding hydrogens is 602 g/mol. The molecule has 4 aromatic rings. The van der Waals surface area contributed by atoms with E-state index >= 15 is 0 Å². The number of hydrogen-bond acceptors (Lipinski definition) is 7. The molecule has 3 fully saturated rings. The van der Waals surface area contributed by atoms with E-state index in [0.717, 1.165) is 21.9 Å². The first-order chi connectivity index (χ1) is 21.4. The number of thiazole rings is 1. The van der Waals surface area contributed by atoms with Gasteiger partial charge in [0.15, 0.2) is 6.61 Å². The molecule has 2 aliphatic carbocycles. The molecule has 2 N–H and O–H groups in total. The second kappa shape index (κ2) is 10.4. The van der Waals surface area contributed by atoms with Crippen LogP contribution in [-0.4, -0.2) is 34.6 Å². The highest BCUT2D eigenvalue weighted by molar-refractivity contribution is 8.00. The number of imide groups is 1. The molecule has 0 spiro atoms. The topological polar surface area (TPSA) is 109 Å². The molecule has 2 aliphatic heterocycles. The van der Waals surface area contributed by atoms with Gasteiger partial charge in [-0.2, -0.15) is 0 Å². The maximum Gasteiger partial charge on any atom is 0.305 e. The van der Waals surface area contributed by atoms with Gasteiger partial charge in [0.05, 0.1) is 22.5 Å². The summed E-state index contributed by atoms with van der Waals surface area (Å²) in [6.45, 7) is -0.200. The van der Waals surface area contributed by atoms with Crippen LogP contribution in [0.5, 0.6) is 5.75 Å². The Morgan fingerprint density at radius 2 is 1.64 bits per heavy atom. The molecule has 2 saturated carbocycles. The molecule has 11 heteroatoms. The molecule has 222 valence electrons. The number of ether oxygens (including phenoxy) is 1. The van der Waals surface area contributed by atoms with E-state index in [1.54, 1.807) is 23.9 Å². The number of rotatable bonds is 6. The maximum atomic E-state index is 13.9. The highest BCUT2D eigenvalue weighted by atomic mass is 32.2. The number of anilines is 2. The minimum absolute atomic E-state index is 0.00310. The smallest absolute Gasteiger partial charge is 0.305 e. The zero-order chi connectivity index (χ0) is 30.1. The number of aromatic nitrogens is 1. The van der Waals surface area contributed by atoms with Crippen LogP contribution in [0.3, 0.4) is 0 Å². The number of amides is 3. The van der Waals surface area contributed by atoms with Gasteiger partial charge in [0.2, 0.25) is 11.8 Å². The molecule has 3 amide bonds. The number of nitrogens with zero attached hydrogens (tertiary/aromatic N) is 1. The molecule has 7 atom stereocenters. The Bertz CT molecular complexity index is 1860. The Morgan fingerprint density at radius 3 is 2.41 bits per heavy atom. The number of benzene rings is 3. The van der Waals surface area contributed by atoms with Gasteiger partial charge in [0.25, 0.3) is 5.91 Å². The number of thioether (sulfide) groups is 1. The molecule has 8 nitrogen and oxygen atoms in total. The molecule has 1 aromatic heterocycles. The normalized spacial score (nSPS) is 28.0. The Hall–Kier alpha value is -4.22. The molecular formula is C33H26FN3O5S2. The largest absolute Gasteiger partial charge is 0.483 e. The summed E-state index contributed by atoms with van der Waals surface area (Å²) in [6, 6.07) is 22.2. The molecule has 4 aliphatic rings. The number of halogens is 1. The summed E-state index contributed by atoms with van der Waals surface area (Å²) in [7, 11) is 0. The third-order valence-electron chi connectivity index (χ3n) is 9.48. The predicted octanol–water partition coefficient (Wildman–Crippen LogP) is 5.27. The van der Waals surface area contributed by atoms with E-state index in [2.05, 4.69) is 10.3 Å². The first-order valence-corrected chi connectivity index (χ1v) is 16.2. The third-order valence-corrected chi connectivity index (χ3v) is 12.1. The quantitative estimate of drug-likeness (QED) is 0.282. The van der Waals surface area contributed by atoms with Crippen molar-refractivity contribution in [3.8, 4) is 5.75 Å². The van der Waals surface area contributed by atoms with Gasteiger partial charge in [-0.15, -0.1) is 11.8 Å². The zero-order valence-electron chi connectivity index (χ0n) is 23.1. The summed E-state index contributed by atoms with van der Waals surface area (Å²) in [6.07, 6.45) is 0.741. The fourth-order valence-electron chi connectivity index (χ4n) is 7.94. The van der Waals surface area contributed by atoms with E-state index < -0.39 is 17.7 Å². The van der Waals surface area contributed by atoms with Crippen LogP contribution < -0.4 is 19.8 Å². The van der Waals surface area contributed by atoms with Crippen molar-refractivity contribution in [2.75, 3.05) is 16.8 Å². The lowest BCUT2D eigenvalue weighted by Crippen LogP contribution is -2.42. The van der Waals surface area contributed by atoms with E-state index in [-0.39, 0.29) is 58.1 Å². The molecule has 2 bridgehead atoms. The maximum absolute atomic E-state index is 13.9. The molecule has 0 radical (unpaired) electrons. The van der Waals surface area contributed by atoms with Crippen LogP contribution in [0.4, 0.5) is 15.8 Å². The number of para-hydroxylation sites is 2. The molecule has 3 heterocycles. The van der Waals surface area contributed by atoms with Crippen LogP contribution in [0.25, 0.3) is 0 Å². The second-order valence-electron chi connectivity index (χ2n) is 11.7. The Balaban J connectivity index is 1.13. The van der Waals surface area contributed by atoms with Crippen LogP contribution in [-0.2, 0) is 14.4 Å². The van der Waals surface area contributed by atoms with Crippen molar-refractivity contribution in [1.29, 1.82) is 0 Å². The van der Waals surface area contributed by atoms with Crippen molar-refractivity contribution >= 4 is 52.2 Å². The van der Waals surface area contributed by atoms with E-state index in [1.807, 2.05) is 42.5 Å². The van der Waals surface area contributed by atoms with Crippen LogP contribution in [0.15, 0.2) is 88.7 Å². The van der Waals surface area contributed by atoms with Gasteiger partial charge in [-0.05, 0) is 66.6 Å². The SMILES string of the molecule is O=C(COc1ccccc1[C@@H]1c2sc(=O)[nH]c2S[C@@H]2[C@@H]3C[C@@H]([C@@H]4C(=O)N(c5ccc(F)cc5)C(=O)[C@@H]34)[C@H]12)Nc1ccccc1. The minimum atomic E-state index is -0.483. The summed E-state index contributed by atoms with van der Waals surface area (Å²) >= 11 is 2.77. The fraction of sp³-hybridized carbons (Fsp3) is 0.273. The van der Waals surface area contributed by atoms with Crippen LogP contribution >= 0.6 is 23.1 Å². The first-order valence-electron chi connectivity index (χ1n) is 14.5. The summed E-state index contributed by atoms with van der Waals surface area (Å²) in [5.74, 6) is -2.02. The summed E-state index contributed by atoms with van der Waals surface area (Å²) < 4.78 is 19.8. The zero-order valence-corrected chi connectivity index (χ0v) is 24.8. The van der Waals surface area contributed by atoms with Gasteiger partial charge in [0, 0.05) is 27.3 Å². The number of carbonyl (C=O) groups excluding carboxylic acids is 3. The Morgan fingerprint density at radius 1 is 0.932 bits per heavy atom. The van der Waals surface area contributed by atoms with Gasteiger partial charge >= 0.3 is 4.87 Å². The average Bonchev–Trinajstić information content (AvgIpc) is 3.76. The molecule has 0 unspecified atom stereocenters. The third kappa shape index (κ3) is 4.24. The van der Waals surface area contributed by atoms with Gasteiger partial charge in [-0.25, -0.2) is 4.39 Å². The number of carbonyl (C=O) groups is 3. The van der Waals surface area contributed by atoms with E-state index in [1.165, 1.54) is 40.5 Å². The van der Waals surface area contributed by atoms with Crippen LogP contribution in [0.1, 0.15) is 22.8 Å². The van der Waals surface area contributed by atoms with Gasteiger partial charge in [0.1, 0.15) is 11.6 Å². The van der Waals surface area contributed by atoms with E-state index in [0.29, 0.717) is 17.1 Å². The number of nitrogens with one attached hydrogen (secondary N) is 2. The fourth-order valence-corrected chi connectivity index (χ4v) is 10.8. The van der Waals surface area contributed by atoms with Crippen LogP contribution in [0.2, 0.25) is 0 Å². The Labute approximate surface area is 259 Å². The number of aromatic amines is 1. The lowest BCUT2D eigenvalue weighted by molar-refractivity contribution is -0.123. The average molecular weight is 628 g/mol. The molecule has 8 rings (SSSR count). The lowest BCUT2D eigenvalue weighted by atomic mass is 9.68. The summed E-state index contributed by atoms with van der Waals surface area (Å²) in [4.78, 5) is 58.1. The summed E-state index contributed by atoms with van der Waals surface area (Å²) in [5, 5.41) is 3.63. The van der Waals surface area contributed by atoms with Gasteiger partial charge in [-0.1, -0.05) is 47.7 Å². The molecule has 1 saturated heterocycles. The van der Waals surface area contributed by atoms with Gasteiger partial charge in [-0.3, -0.25) is 24.1 Å². The number of H-pyrrole nitrogens is 1. The van der Waals surface area contributed by atoms with Crippen LogP contribution in [0, 0.1) is 35.4 Å². The van der Waals surface area contributed by atoms with E-state index in [9.17, 15) is 23.6 Å². The van der Waals surface area contributed by atoms with E-state index in [4.69, 9.17) is 4.74 Å². The van der Waals surface area contributed by atoms with Crippen molar-refractivity contribution in [3.05, 3.63) is 105 Å². The second-order valence-corrected chi connectivity index (χ2v) is 13.9. The number of hydrogen-bond donors (Lipinski definition) is 2. The summed E-state index contributed by atoms with van der Waals surface area (Å²) in [5.41, 5.74) is 1.91. The molecule has 44 heavy (non-hydrogen) atoms. The first kappa shape index (κ1) is 27.3. The van der Waals surface area contributed by atoms with Crippen molar-refractivity contribution in [1.82, 2.24) is 4.98 Å². The predicted molar refractivity (Wildman–Crippen MR) is 164 cm³/mol. The lowest BCUT2D eigenvalue weighted by Gasteiger charge is -2.43. The van der Waals surface area contributed by atoms with Gasteiger partial charge < -0.3 is 15.0 Å². The van der Waals surface area contributed by atoms with Crippen molar-refractivity contribution < 1.29 is 23.5 Å². The van der Waals surface area contributed by atoms with Crippen molar-refractivity contribution in [2.24, 2.45) is 29.6 Å². The highest BCUT2D eigenvalue weighted by Crippen LogP contribution is 2.69. The monoisotopic (exact) mass is 627 g/mol.